The molecule has 1 aliphatic rings. The van der Waals surface area contributed by atoms with Gasteiger partial charge in [0, 0.05) is 25.5 Å². The topological polar surface area (TPSA) is 68.5 Å². The maximum absolute atomic E-state index is 12.6. The van der Waals surface area contributed by atoms with E-state index in [0.717, 1.165) is 6.42 Å². The van der Waals surface area contributed by atoms with E-state index in [1.54, 1.807) is 18.5 Å². The minimum Gasteiger partial charge on any atom is -0.375 e. The Balaban J connectivity index is 2.20. The van der Waals surface area contributed by atoms with E-state index in [1.807, 2.05) is 4.90 Å². The van der Waals surface area contributed by atoms with Crippen molar-refractivity contribution in [2.24, 2.45) is 5.73 Å². The second kappa shape index (κ2) is 7.04. The Morgan fingerprint density at radius 3 is 3.25 bits per heavy atom. The summed E-state index contributed by atoms with van der Waals surface area (Å²) in [4.78, 5) is 18.4. The van der Waals surface area contributed by atoms with E-state index in [9.17, 15) is 4.79 Å². The van der Waals surface area contributed by atoms with Crippen molar-refractivity contribution in [3.63, 3.8) is 0 Å². The molecule has 0 bridgehead atoms. The number of nitrogens with two attached hydrogens (primary N) is 1. The van der Waals surface area contributed by atoms with E-state index in [4.69, 9.17) is 10.5 Å². The second-order valence-electron chi connectivity index (χ2n) is 4.58. The van der Waals surface area contributed by atoms with Gasteiger partial charge in [0.15, 0.2) is 0 Å². The van der Waals surface area contributed by atoms with Crippen molar-refractivity contribution < 1.29 is 9.53 Å². The highest BCUT2D eigenvalue weighted by Crippen LogP contribution is 2.14. The van der Waals surface area contributed by atoms with Gasteiger partial charge in [-0.05, 0) is 12.5 Å². The third-order valence-corrected chi connectivity index (χ3v) is 3.26. The molecule has 1 atom stereocenters. The highest BCUT2D eigenvalue weighted by molar-refractivity contribution is 5.96. The van der Waals surface area contributed by atoms with E-state index in [2.05, 4.69) is 23.7 Å². The normalized spacial score (nSPS) is 18.3. The zero-order valence-electron chi connectivity index (χ0n) is 11.6. The van der Waals surface area contributed by atoms with Gasteiger partial charge in [0.25, 0.3) is 5.91 Å². The maximum Gasteiger partial charge on any atom is 0.255 e. The molecule has 0 spiro atoms. The number of ether oxygens (including phenoxy) is 1. The van der Waals surface area contributed by atoms with E-state index in [1.165, 1.54) is 0 Å². The van der Waals surface area contributed by atoms with Crippen molar-refractivity contribution in [1.29, 1.82) is 0 Å². The van der Waals surface area contributed by atoms with Crippen LogP contribution < -0.4 is 5.73 Å². The summed E-state index contributed by atoms with van der Waals surface area (Å²) in [5, 5.41) is 0. The lowest BCUT2D eigenvalue weighted by Crippen LogP contribution is -2.45. The molecule has 0 radical (unpaired) electrons. The quantitative estimate of drug-likeness (QED) is 0.803. The molecule has 2 N–H and O–H groups in total. The summed E-state index contributed by atoms with van der Waals surface area (Å²) in [6, 6.07) is 1.71. The molecule has 0 aromatic carbocycles. The summed E-state index contributed by atoms with van der Waals surface area (Å²) in [5.41, 5.74) is 6.58. The van der Waals surface area contributed by atoms with E-state index in [0.29, 0.717) is 30.8 Å². The van der Waals surface area contributed by atoms with Gasteiger partial charge in [-0.25, -0.2) is 0 Å². The van der Waals surface area contributed by atoms with Crippen LogP contribution >= 0.6 is 0 Å². The van der Waals surface area contributed by atoms with Gasteiger partial charge < -0.3 is 15.4 Å². The SMILES string of the molecule is CCC1CN(C(=O)c2ccncc2C#CCN)CCO1. The molecule has 1 amide bonds. The fourth-order valence-corrected chi connectivity index (χ4v) is 2.15. The van der Waals surface area contributed by atoms with Gasteiger partial charge in [0.2, 0.25) is 0 Å². The van der Waals surface area contributed by atoms with Crippen LogP contribution in [-0.4, -0.2) is 48.1 Å². The minimum atomic E-state index is -0.0181. The van der Waals surface area contributed by atoms with Gasteiger partial charge in [-0.3, -0.25) is 9.78 Å². The first-order valence-corrected chi connectivity index (χ1v) is 6.80. The van der Waals surface area contributed by atoms with Crippen LogP contribution in [0.1, 0.15) is 29.3 Å². The van der Waals surface area contributed by atoms with Gasteiger partial charge in [0.1, 0.15) is 0 Å². The molecule has 1 aromatic rings. The average Bonchev–Trinajstić information content (AvgIpc) is 2.52. The molecule has 1 unspecified atom stereocenters. The molecule has 1 saturated heterocycles. The molecule has 1 fully saturated rings. The monoisotopic (exact) mass is 273 g/mol. The first-order valence-electron chi connectivity index (χ1n) is 6.80. The highest BCUT2D eigenvalue weighted by Gasteiger charge is 2.25. The van der Waals surface area contributed by atoms with Gasteiger partial charge in [-0.1, -0.05) is 18.8 Å². The molecule has 1 aliphatic heterocycles. The number of carbonyl (C=O) groups is 1. The number of aromatic nitrogens is 1. The molecule has 2 heterocycles. The first kappa shape index (κ1) is 14.5. The van der Waals surface area contributed by atoms with Crippen molar-refractivity contribution >= 4 is 5.91 Å². The number of hydrogen-bond donors (Lipinski definition) is 1. The van der Waals surface area contributed by atoms with Gasteiger partial charge >= 0.3 is 0 Å². The van der Waals surface area contributed by atoms with Crippen LogP contribution in [-0.2, 0) is 4.74 Å². The Morgan fingerprint density at radius 2 is 2.50 bits per heavy atom. The Labute approximate surface area is 119 Å². The highest BCUT2D eigenvalue weighted by atomic mass is 16.5. The number of morpholine rings is 1. The number of pyridine rings is 1. The summed E-state index contributed by atoms with van der Waals surface area (Å²) >= 11 is 0. The molecule has 20 heavy (non-hydrogen) atoms. The first-order chi connectivity index (χ1) is 9.76. The fraction of sp³-hybridized carbons (Fsp3) is 0.467. The second-order valence-corrected chi connectivity index (χ2v) is 4.58. The lowest BCUT2D eigenvalue weighted by Gasteiger charge is -2.32. The average molecular weight is 273 g/mol. The van der Waals surface area contributed by atoms with Crippen molar-refractivity contribution in [3.8, 4) is 11.8 Å². The Kier molecular flexibility index (Phi) is 5.10. The van der Waals surface area contributed by atoms with Crippen molar-refractivity contribution in [2.45, 2.75) is 19.4 Å². The van der Waals surface area contributed by atoms with E-state index < -0.39 is 0 Å². The van der Waals surface area contributed by atoms with Gasteiger partial charge in [0.05, 0.1) is 30.4 Å². The van der Waals surface area contributed by atoms with E-state index >= 15 is 0 Å². The van der Waals surface area contributed by atoms with Crippen molar-refractivity contribution in [1.82, 2.24) is 9.88 Å². The molecular formula is C15H19N3O2. The molecule has 5 nitrogen and oxygen atoms in total. The molecule has 5 heteroatoms. The largest absolute Gasteiger partial charge is 0.375 e. The summed E-state index contributed by atoms with van der Waals surface area (Å²) in [6.07, 6.45) is 4.24. The molecule has 0 aliphatic carbocycles. The lowest BCUT2D eigenvalue weighted by atomic mass is 10.1. The third kappa shape index (κ3) is 3.35. The molecular weight excluding hydrogens is 254 g/mol. The van der Waals surface area contributed by atoms with Crippen molar-refractivity contribution in [2.75, 3.05) is 26.2 Å². The standard InChI is InChI=1S/C15H19N3O2/c1-2-13-11-18(8-9-20-13)15(19)14-5-7-17-10-12(14)4-3-6-16/h5,7,10,13H,2,6,8-9,11,16H2,1H3. The third-order valence-electron chi connectivity index (χ3n) is 3.26. The Morgan fingerprint density at radius 1 is 1.65 bits per heavy atom. The zero-order chi connectivity index (χ0) is 14.4. The zero-order valence-corrected chi connectivity index (χ0v) is 11.6. The number of rotatable bonds is 2. The summed E-state index contributed by atoms with van der Waals surface area (Å²) in [5.74, 6) is 5.65. The summed E-state index contributed by atoms with van der Waals surface area (Å²) < 4.78 is 5.59. The van der Waals surface area contributed by atoms with Crippen LogP contribution in [0.2, 0.25) is 0 Å². The maximum atomic E-state index is 12.6. The van der Waals surface area contributed by atoms with Crippen LogP contribution in [0.5, 0.6) is 0 Å². The van der Waals surface area contributed by atoms with Crippen LogP contribution in [0.3, 0.4) is 0 Å². The smallest absolute Gasteiger partial charge is 0.255 e. The van der Waals surface area contributed by atoms with Crippen LogP contribution in [0.15, 0.2) is 18.5 Å². The molecule has 1 aromatic heterocycles. The van der Waals surface area contributed by atoms with Crippen LogP contribution in [0.4, 0.5) is 0 Å². The van der Waals surface area contributed by atoms with E-state index in [-0.39, 0.29) is 18.6 Å². The minimum absolute atomic E-state index is 0.0181. The van der Waals surface area contributed by atoms with Gasteiger partial charge in [-0.2, -0.15) is 0 Å². The lowest BCUT2D eigenvalue weighted by molar-refractivity contribution is -0.0226. The number of amides is 1. The fourth-order valence-electron chi connectivity index (χ4n) is 2.15. The number of carbonyl (C=O) groups excluding carboxylic acids is 1. The summed E-state index contributed by atoms with van der Waals surface area (Å²) in [6.45, 7) is 4.14. The van der Waals surface area contributed by atoms with Crippen molar-refractivity contribution in [3.05, 3.63) is 29.6 Å². The number of nitrogens with zero attached hydrogens (tertiary/aromatic N) is 2. The predicted octanol–water partition coefficient (Wildman–Crippen LogP) is 0.643. The molecule has 2 rings (SSSR count). The molecule has 0 saturated carbocycles. The predicted molar refractivity (Wildman–Crippen MR) is 76.1 cm³/mol. The summed E-state index contributed by atoms with van der Waals surface area (Å²) in [7, 11) is 0. The Bertz CT molecular complexity index is 533. The van der Waals surface area contributed by atoms with Crippen LogP contribution in [0.25, 0.3) is 0 Å². The van der Waals surface area contributed by atoms with Crippen LogP contribution in [0, 0.1) is 11.8 Å². The number of hydrogen-bond acceptors (Lipinski definition) is 4. The van der Waals surface area contributed by atoms with Gasteiger partial charge in [-0.15, -0.1) is 0 Å². The molecule has 106 valence electrons. The Hall–Kier alpha value is -1.90.